The van der Waals surface area contributed by atoms with Crippen molar-refractivity contribution < 1.29 is 18.7 Å². The zero-order chi connectivity index (χ0) is 16.3. The van der Waals surface area contributed by atoms with E-state index in [2.05, 4.69) is 5.32 Å². The van der Waals surface area contributed by atoms with Gasteiger partial charge in [0.15, 0.2) is 0 Å². The van der Waals surface area contributed by atoms with Gasteiger partial charge in [-0.1, -0.05) is 13.8 Å². The summed E-state index contributed by atoms with van der Waals surface area (Å²) in [6.07, 6.45) is 2.88. The maximum atomic E-state index is 11.4. The Labute approximate surface area is 126 Å². The van der Waals surface area contributed by atoms with Crippen LogP contribution in [-0.4, -0.2) is 38.0 Å². The van der Waals surface area contributed by atoms with Gasteiger partial charge in [-0.05, 0) is 32.0 Å². The Balaban J connectivity index is 0.000000486. The molecule has 1 heterocycles. The van der Waals surface area contributed by atoms with E-state index in [4.69, 9.17) is 14.9 Å². The maximum absolute atomic E-state index is 11.4. The van der Waals surface area contributed by atoms with Gasteiger partial charge in [0.05, 0.1) is 18.9 Å². The summed E-state index contributed by atoms with van der Waals surface area (Å²) in [6.45, 7) is 6.02. The summed E-state index contributed by atoms with van der Waals surface area (Å²) >= 11 is 0. The molecule has 0 aliphatic carbocycles. The highest BCUT2D eigenvalue weighted by molar-refractivity contribution is 5.76. The number of nitrogens with two attached hydrogens (primary N) is 1. The molecular weight excluding hydrogens is 272 g/mol. The summed E-state index contributed by atoms with van der Waals surface area (Å²) in [7, 11) is 1.73. The van der Waals surface area contributed by atoms with Crippen molar-refractivity contribution in [1.29, 1.82) is 0 Å². The van der Waals surface area contributed by atoms with E-state index in [1.54, 1.807) is 26.3 Å². The van der Waals surface area contributed by atoms with E-state index < -0.39 is 0 Å². The minimum absolute atomic E-state index is 0.244. The van der Waals surface area contributed by atoms with Gasteiger partial charge < -0.3 is 25.0 Å². The van der Waals surface area contributed by atoms with Crippen LogP contribution < -0.4 is 11.1 Å². The van der Waals surface area contributed by atoms with E-state index in [0.29, 0.717) is 13.0 Å². The summed E-state index contributed by atoms with van der Waals surface area (Å²) in [5, 5.41) is 2.89. The summed E-state index contributed by atoms with van der Waals surface area (Å²) in [4.78, 5) is 21.2. The first-order valence-electron chi connectivity index (χ1n) is 7.03. The number of esters is 1. The smallest absolute Gasteiger partial charge is 0.323 e. The fourth-order valence-electron chi connectivity index (χ4n) is 1.33. The minimum Gasteiger partial charge on any atom is -0.469 e. The van der Waals surface area contributed by atoms with Crippen LogP contribution in [0.5, 0.6) is 0 Å². The van der Waals surface area contributed by atoms with Gasteiger partial charge in [-0.25, -0.2) is 0 Å². The molecule has 3 N–H and O–H groups in total. The number of ether oxygens (including phenoxy) is 1. The molecular formula is C15H26N2O4. The Morgan fingerprint density at radius 2 is 2.19 bits per heavy atom. The highest BCUT2D eigenvalue weighted by atomic mass is 16.5. The van der Waals surface area contributed by atoms with Crippen LogP contribution in [0, 0.1) is 5.92 Å². The molecule has 0 bridgehead atoms. The molecule has 1 aromatic rings. The van der Waals surface area contributed by atoms with E-state index >= 15 is 0 Å². The number of hydrogen-bond acceptors (Lipinski definition) is 6. The van der Waals surface area contributed by atoms with Crippen molar-refractivity contribution in [2.24, 2.45) is 11.7 Å². The predicted octanol–water partition coefficient (Wildman–Crippen LogP) is 1.14. The molecule has 0 aromatic carbocycles. The SMILES string of the molecule is CC(C)C(N)C=O.CCOC(=O)C(Cc1ccco1)NC. The number of nitrogens with one attached hydrogen (secondary N) is 1. The molecule has 0 aliphatic rings. The molecule has 2 unspecified atom stereocenters. The number of carbonyl (C=O) groups is 2. The topological polar surface area (TPSA) is 94.6 Å². The number of rotatable bonds is 7. The molecule has 6 nitrogen and oxygen atoms in total. The molecule has 0 saturated carbocycles. The maximum Gasteiger partial charge on any atom is 0.323 e. The highest BCUT2D eigenvalue weighted by Gasteiger charge is 2.18. The van der Waals surface area contributed by atoms with Gasteiger partial charge in [-0.15, -0.1) is 0 Å². The lowest BCUT2D eigenvalue weighted by Gasteiger charge is -2.12. The first-order chi connectivity index (χ1) is 9.96. The average molecular weight is 298 g/mol. The summed E-state index contributed by atoms with van der Waals surface area (Å²) in [5.41, 5.74) is 5.25. The first-order valence-corrected chi connectivity index (χ1v) is 7.03. The Kier molecular flexibility index (Phi) is 10.2. The van der Waals surface area contributed by atoms with Crippen molar-refractivity contribution >= 4 is 12.3 Å². The highest BCUT2D eigenvalue weighted by Crippen LogP contribution is 2.05. The Bertz CT molecular complexity index is 390. The lowest BCUT2D eigenvalue weighted by molar-refractivity contribution is -0.145. The number of furan rings is 1. The van der Waals surface area contributed by atoms with Gasteiger partial charge >= 0.3 is 5.97 Å². The second kappa shape index (κ2) is 11.0. The first kappa shape index (κ1) is 19.3. The van der Waals surface area contributed by atoms with Crippen LogP contribution in [0.15, 0.2) is 22.8 Å². The summed E-state index contributed by atoms with van der Waals surface area (Å²) < 4.78 is 10.0. The van der Waals surface area contributed by atoms with Gasteiger partial charge in [-0.3, -0.25) is 4.79 Å². The molecule has 2 atom stereocenters. The van der Waals surface area contributed by atoms with Crippen LogP contribution in [0.4, 0.5) is 0 Å². The monoisotopic (exact) mass is 298 g/mol. The molecule has 0 aliphatic heterocycles. The van der Waals surface area contributed by atoms with E-state index in [0.717, 1.165) is 12.0 Å². The molecule has 0 saturated heterocycles. The van der Waals surface area contributed by atoms with Crippen LogP contribution in [0.25, 0.3) is 0 Å². The van der Waals surface area contributed by atoms with Crippen molar-refractivity contribution in [2.75, 3.05) is 13.7 Å². The van der Waals surface area contributed by atoms with Crippen molar-refractivity contribution in [3.8, 4) is 0 Å². The number of carbonyl (C=O) groups excluding carboxylic acids is 2. The third-order valence-corrected chi connectivity index (χ3v) is 2.83. The third-order valence-electron chi connectivity index (χ3n) is 2.83. The second-order valence-corrected chi connectivity index (χ2v) is 4.83. The molecule has 0 amide bonds. The largest absolute Gasteiger partial charge is 0.469 e. The zero-order valence-corrected chi connectivity index (χ0v) is 13.2. The van der Waals surface area contributed by atoms with Gasteiger partial charge in [0.1, 0.15) is 18.1 Å². The minimum atomic E-state index is -0.332. The van der Waals surface area contributed by atoms with Crippen LogP contribution in [0.2, 0.25) is 0 Å². The van der Waals surface area contributed by atoms with Crippen molar-refractivity contribution in [3.63, 3.8) is 0 Å². The van der Waals surface area contributed by atoms with E-state index in [-0.39, 0.29) is 24.0 Å². The van der Waals surface area contributed by atoms with Crippen LogP contribution in [-0.2, 0) is 20.7 Å². The molecule has 21 heavy (non-hydrogen) atoms. The number of likely N-dealkylation sites (N-methyl/N-ethyl adjacent to an activating group) is 1. The lowest BCUT2D eigenvalue weighted by atomic mass is 10.1. The molecule has 0 fully saturated rings. The van der Waals surface area contributed by atoms with Crippen molar-refractivity contribution in [2.45, 2.75) is 39.3 Å². The lowest BCUT2D eigenvalue weighted by Crippen LogP contribution is -2.37. The van der Waals surface area contributed by atoms with Crippen molar-refractivity contribution in [1.82, 2.24) is 5.32 Å². The molecule has 0 spiro atoms. The standard InChI is InChI=1S/C10H15NO3.C5H11NO/c1-3-13-10(12)9(11-2)7-8-5-4-6-14-8;1-4(2)5(6)3-7/h4-6,9,11H,3,7H2,1-2H3;3-5H,6H2,1-2H3. The normalized spacial score (nSPS) is 13.0. The fourth-order valence-corrected chi connectivity index (χ4v) is 1.33. The second-order valence-electron chi connectivity index (χ2n) is 4.83. The van der Waals surface area contributed by atoms with Gasteiger partial charge in [-0.2, -0.15) is 0 Å². The molecule has 120 valence electrons. The van der Waals surface area contributed by atoms with Gasteiger partial charge in [0.25, 0.3) is 0 Å². The van der Waals surface area contributed by atoms with E-state index in [1.165, 1.54) is 0 Å². The number of hydrogen-bond donors (Lipinski definition) is 2. The van der Waals surface area contributed by atoms with E-state index in [9.17, 15) is 9.59 Å². The van der Waals surface area contributed by atoms with E-state index in [1.807, 2.05) is 19.9 Å². The Morgan fingerprint density at radius 1 is 1.52 bits per heavy atom. The Hall–Kier alpha value is -1.66. The quantitative estimate of drug-likeness (QED) is 0.579. The zero-order valence-electron chi connectivity index (χ0n) is 13.2. The average Bonchev–Trinajstić information content (AvgIpc) is 2.97. The predicted molar refractivity (Wildman–Crippen MR) is 80.8 cm³/mol. The van der Waals surface area contributed by atoms with Crippen LogP contribution in [0.3, 0.4) is 0 Å². The molecule has 0 radical (unpaired) electrons. The number of aldehydes is 1. The van der Waals surface area contributed by atoms with Crippen LogP contribution >= 0.6 is 0 Å². The van der Waals surface area contributed by atoms with Crippen LogP contribution in [0.1, 0.15) is 26.5 Å². The summed E-state index contributed by atoms with van der Waals surface area (Å²) in [6, 6.07) is 3.03. The third kappa shape index (κ3) is 8.27. The van der Waals surface area contributed by atoms with Gasteiger partial charge in [0.2, 0.25) is 0 Å². The summed E-state index contributed by atoms with van der Waals surface area (Å²) in [5.74, 6) is 0.807. The molecule has 1 aromatic heterocycles. The van der Waals surface area contributed by atoms with Gasteiger partial charge in [0, 0.05) is 6.42 Å². The Morgan fingerprint density at radius 3 is 2.52 bits per heavy atom. The van der Waals surface area contributed by atoms with Crippen molar-refractivity contribution in [3.05, 3.63) is 24.2 Å². The molecule has 1 rings (SSSR count). The fraction of sp³-hybridized carbons (Fsp3) is 0.600. The molecule has 6 heteroatoms.